The highest BCUT2D eigenvalue weighted by molar-refractivity contribution is 4.93. The second-order valence-corrected chi connectivity index (χ2v) is 12.5. The zero-order valence-corrected chi connectivity index (χ0v) is 22.9. The molecule has 0 aromatic heterocycles. The van der Waals surface area contributed by atoms with E-state index >= 15 is 0 Å². The standard InChI is InChI=1S/C32H52F2O2/c1-2-3-6-30-20-17-29(23-36-30)28-11-7-24(8-12-28)5-4-21-35-31-18-15-27(16-19-31)26-13-9-25(10-14-26)22-32(33)34/h3,6,22,24-31H,2,4-5,7-21,23H2,1H3. The summed E-state index contributed by atoms with van der Waals surface area (Å²) in [5.74, 6) is 4.26. The third kappa shape index (κ3) is 8.93. The van der Waals surface area contributed by atoms with Gasteiger partial charge in [0.2, 0.25) is 0 Å². The third-order valence-corrected chi connectivity index (χ3v) is 10.2. The summed E-state index contributed by atoms with van der Waals surface area (Å²) >= 11 is 0. The Hall–Kier alpha value is -0.740. The first-order chi connectivity index (χ1) is 17.6. The molecule has 0 radical (unpaired) electrons. The Morgan fingerprint density at radius 2 is 1.39 bits per heavy atom. The van der Waals surface area contributed by atoms with Crippen molar-refractivity contribution in [1.29, 1.82) is 0 Å². The van der Waals surface area contributed by atoms with E-state index in [0.717, 1.165) is 74.9 Å². The van der Waals surface area contributed by atoms with Crippen LogP contribution in [0.5, 0.6) is 0 Å². The zero-order valence-electron chi connectivity index (χ0n) is 22.9. The fraction of sp³-hybridized carbons (Fsp3) is 0.875. The van der Waals surface area contributed by atoms with Gasteiger partial charge in [0.05, 0.1) is 18.8 Å². The molecule has 3 aliphatic carbocycles. The quantitative estimate of drug-likeness (QED) is 0.217. The Bertz CT molecular complexity index is 656. The van der Waals surface area contributed by atoms with Crippen LogP contribution in [0.3, 0.4) is 0 Å². The lowest BCUT2D eigenvalue weighted by atomic mass is 9.70. The summed E-state index contributed by atoms with van der Waals surface area (Å²) < 4.78 is 37.5. The normalized spacial score (nSPS) is 38.2. The minimum absolute atomic E-state index is 0.114. The van der Waals surface area contributed by atoms with Crippen LogP contribution in [0.25, 0.3) is 0 Å². The summed E-state index contributed by atoms with van der Waals surface area (Å²) in [7, 11) is 0. The van der Waals surface area contributed by atoms with E-state index in [2.05, 4.69) is 19.1 Å². The first-order valence-corrected chi connectivity index (χ1v) is 15.5. The fourth-order valence-corrected chi connectivity index (χ4v) is 7.86. The Labute approximate surface area is 219 Å². The molecule has 0 amide bonds. The Morgan fingerprint density at radius 1 is 0.778 bits per heavy atom. The van der Waals surface area contributed by atoms with Crippen molar-refractivity contribution in [2.45, 2.75) is 128 Å². The lowest BCUT2D eigenvalue weighted by molar-refractivity contribution is -0.0178. The van der Waals surface area contributed by atoms with Crippen molar-refractivity contribution in [3.63, 3.8) is 0 Å². The minimum Gasteiger partial charge on any atom is -0.378 e. The average Bonchev–Trinajstić information content (AvgIpc) is 2.91. The molecule has 2 atom stereocenters. The molecule has 1 saturated heterocycles. The lowest BCUT2D eigenvalue weighted by Gasteiger charge is -2.38. The van der Waals surface area contributed by atoms with Crippen LogP contribution >= 0.6 is 0 Å². The third-order valence-electron chi connectivity index (χ3n) is 10.2. The van der Waals surface area contributed by atoms with Crippen molar-refractivity contribution in [3.8, 4) is 0 Å². The van der Waals surface area contributed by atoms with E-state index < -0.39 is 6.08 Å². The highest BCUT2D eigenvalue weighted by Gasteiger charge is 2.32. The molecule has 2 nitrogen and oxygen atoms in total. The van der Waals surface area contributed by atoms with Crippen LogP contribution in [0.1, 0.15) is 116 Å². The molecule has 4 rings (SSSR count). The molecule has 4 aliphatic rings. The molecule has 0 N–H and O–H groups in total. The highest BCUT2D eigenvalue weighted by atomic mass is 19.3. The molecule has 1 heterocycles. The van der Waals surface area contributed by atoms with Crippen LogP contribution in [-0.4, -0.2) is 25.4 Å². The predicted octanol–water partition coefficient (Wildman–Crippen LogP) is 9.50. The predicted molar refractivity (Wildman–Crippen MR) is 144 cm³/mol. The molecule has 0 aromatic rings. The minimum atomic E-state index is -1.49. The summed E-state index contributed by atoms with van der Waals surface area (Å²) in [6.07, 6.45) is 26.0. The molecular weight excluding hydrogens is 454 g/mol. The second-order valence-electron chi connectivity index (χ2n) is 12.5. The van der Waals surface area contributed by atoms with Gasteiger partial charge >= 0.3 is 0 Å². The van der Waals surface area contributed by atoms with E-state index in [1.54, 1.807) is 0 Å². The average molecular weight is 507 g/mol. The van der Waals surface area contributed by atoms with Crippen LogP contribution in [0.2, 0.25) is 0 Å². The molecule has 36 heavy (non-hydrogen) atoms. The number of halogens is 2. The van der Waals surface area contributed by atoms with E-state index in [9.17, 15) is 8.78 Å². The molecule has 2 unspecified atom stereocenters. The Balaban J connectivity index is 1.02. The van der Waals surface area contributed by atoms with Gasteiger partial charge in [-0.15, -0.1) is 0 Å². The van der Waals surface area contributed by atoms with Gasteiger partial charge < -0.3 is 9.47 Å². The maximum absolute atomic E-state index is 12.5. The summed E-state index contributed by atoms with van der Waals surface area (Å²) in [6, 6.07) is 0. The van der Waals surface area contributed by atoms with Crippen LogP contribution in [-0.2, 0) is 9.47 Å². The summed E-state index contributed by atoms with van der Waals surface area (Å²) in [5.41, 5.74) is 0. The molecule has 0 bridgehead atoms. The Morgan fingerprint density at radius 3 is 2.00 bits per heavy atom. The second kappa shape index (κ2) is 15.0. The first-order valence-electron chi connectivity index (χ1n) is 15.5. The van der Waals surface area contributed by atoms with E-state index in [-0.39, 0.29) is 5.92 Å². The van der Waals surface area contributed by atoms with Crippen molar-refractivity contribution in [3.05, 3.63) is 24.3 Å². The number of ether oxygens (including phenoxy) is 2. The van der Waals surface area contributed by atoms with E-state index in [0.29, 0.717) is 12.2 Å². The van der Waals surface area contributed by atoms with Gasteiger partial charge in [-0.2, -0.15) is 8.78 Å². The van der Waals surface area contributed by atoms with Crippen molar-refractivity contribution in [2.24, 2.45) is 35.5 Å². The van der Waals surface area contributed by atoms with Crippen molar-refractivity contribution in [1.82, 2.24) is 0 Å². The number of hydrogen-bond acceptors (Lipinski definition) is 2. The molecule has 4 heteroatoms. The van der Waals surface area contributed by atoms with Gasteiger partial charge in [0.25, 0.3) is 6.08 Å². The van der Waals surface area contributed by atoms with Gasteiger partial charge in [-0.05, 0) is 138 Å². The van der Waals surface area contributed by atoms with Gasteiger partial charge in [0.1, 0.15) is 0 Å². The van der Waals surface area contributed by atoms with Crippen molar-refractivity contribution < 1.29 is 18.3 Å². The van der Waals surface area contributed by atoms with Gasteiger partial charge in [-0.25, -0.2) is 0 Å². The molecular formula is C32H52F2O2. The topological polar surface area (TPSA) is 18.5 Å². The SMILES string of the molecule is CCC=CC1CCC(C2CCC(CCCOC3CCC(C4CCC(C=C(F)F)CC4)CC3)CC2)CO1. The smallest absolute Gasteiger partial charge is 0.266 e. The first kappa shape index (κ1) is 28.3. The van der Waals surface area contributed by atoms with Gasteiger partial charge in [-0.3, -0.25) is 0 Å². The monoisotopic (exact) mass is 506 g/mol. The van der Waals surface area contributed by atoms with E-state index in [1.807, 2.05) is 0 Å². The van der Waals surface area contributed by atoms with Gasteiger partial charge in [0.15, 0.2) is 0 Å². The highest BCUT2D eigenvalue weighted by Crippen LogP contribution is 2.42. The lowest BCUT2D eigenvalue weighted by Crippen LogP contribution is -2.31. The fourth-order valence-electron chi connectivity index (χ4n) is 7.86. The largest absolute Gasteiger partial charge is 0.378 e. The molecule has 1 aliphatic heterocycles. The van der Waals surface area contributed by atoms with Gasteiger partial charge in [-0.1, -0.05) is 31.9 Å². The maximum atomic E-state index is 12.5. The number of allylic oxidation sites excluding steroid dienone is 2. The van der Waals surface area contributed by atoms with Crippen LogP contribution < -0.4 is 0 Å². The van der Waals surface area contributed by atoms with Gasteiger partial charge in [0, 0.05) is 6.61 Å². The van der Waals surface area contributed by atoms with E-state index in [4.69, 9.17) is 9.47 Å². The molecule has 206 valence electrons. The van der Waals surface area contributed by atoms with Crippen LogP contribution in [0.4, 0.5) is 8.78 Å². The zero-order chi connectivity index (χ0) is 25.2. The maximum Gasteiger partial charge on any atom is 0.266 e. The molecule has 3 saturated carbocycles. The summed E-state index contributed by atoms with van der Waals surface area (Å²) in [5, 5.41) is 0. The summed E-state index contributed by atoms with van der Waals surface area (Å²) in [4.78, 5) is 0. The number of hydrogen-bond donors (Lipinski definition) is 0. The Kier molecular flexibility index (Phi) is 11.8. The summed E-state index contributed by atoms with van der Waals surface area (Å²) in [6.45, 7) is 4.10. The molecule has 0 spiro atoms. The van der Waals surface area contributed by atoms with E-state index in [1.165, 1.54) is 83.1 Å². The van der Waals surface area contributed by atoms with Crippen molar-refractivity contribution >= 4 is 0 Å². The van der Waals surface area contributed by atoms with Crippen molar-refractivity contribution in [2.75, 3.05) is 13.2 Å². The van der Waals surface area contributed by atoms with Crippen LogP contribution in [0, 0.1) is 35.5 Å². The molecule has 0 aromatic carbocycles. The molecule has 4 fully saturated rings. The van der Waals surface area contributed by atoms with Crippen LogP contribution in [0.15, 0.2) is 24.3 Å². The number of rotatable bonds is 10.